The molecule has 2 unspecified atom stereocenters. The molecule has 1 aromatic rings. The van der Waals surface area contributed by atoms with Gasteiger partial charge in [0.15, 0.2) is 0 Å². The Morgan fingerprint density at radius 1 is 1.18 bits per heavy atom. The van der Waals surface area contributed by atoms with Crippen molar-refractivity contribution >= 4 is 5.97 Å². The zero-order valence-corrected chi connectivity index (χ0v) is 9.62. The second-order valence-electron chi connectivity index (χ2n) is 4.32. The lowest BCUT2D eigenvalue weighted by molar-refractivity contribution is -0.131. The minimum absolute atomic E-state index is 0.290. The summed E-state index contributed by atoms with van der Waals surface area (Å²) in [7, 11) is 0. The fourth-order valence-corrected chi connectivity index (χ4v) is 2.34. The molecule has 0 amide bonds. The summed E-state index contributed by atoms with van der Waals surface area (Å²) in [4.78, 5) is 10.6. The molecule has 0 heterocycles. The molecular weight excluding hydrogens is 212 g/mol. The third-order valence-electron chi connectivity index (χ3n) is 3.20. The van der Waals surface area contributed by atoms with Crippen LogP contribution in [0.15, 0.2) is 54.6 Å². The van der Waals surface area contributed by atoms with Gasteiger partial charge in [-0.3, -0.25) is 0 Å². The third-order valence-corrected chi connectivity index (χ3v) is 3.20. The van der Waals surface area contributed by atoms with Crippen molar-refractivity contribution in [3.63, 3.8) is 0 Å². The van der Waals surface area contributed by atoms with Crippen LogP contribution in [-0.2, 0) is 4.79 Å². The highest BCUT2D eigenvalue weighted by atomic mass is 16.4. The number of hydrogen-bond donors (Lipinski definition) is 1. The van der Waals surface area contributed by atoms with Crippen LogP contribution in [0, 0.1) is 5.92 Å². The molecule has 0 bridgehead atoms. The lowest BCUT2D eigenvalue weighted by Gasteiger charge is -2.26. The van der Waals surface area contributed by atoms with Crippen LogP contribution in [-0.4, -0.2) is 11.1 Å². The van der Waals surface area contributed by atoms with Gasteiger partial charge < -0.3 is 5.11 Å². The molecule has 2 atom stereocenters. The van der Waals surface area contributed by atoms with E-state index < -0.39 is 5.97 Å². The van der Waals surface area contributed by atoms with Crippen molar-refractivity contribution in [1.82, 2.24) is 0 Å². The average Bonchev–Trinajstić information content (AvgIpc) is 2.38. The number of hydrogen-bond acceptors (Lipinski definition) is 1. The minimum atomic E-state index is -0.869. The van der Waals surface area contributed by atoms with Crippen LogP contribution in [0.3, 0.4) is 0 Å². The van der Waals surface area contributed by atoms with E-state index in [1.807, 2.05) is 24.3 Å². The van der Waals surface area contributed by atoms with Crippen molar-refractivity contribution in [3.05, 3.63) is 60.2 Å². The fraction of sp³-hybridized carbons (Fsp3) is 0.267. The van der Waals surface area contributed by atoms with Gasteiger partial charge in [-0.15, -0.1) is 0 Å². The summed E-state index contributed by atoms with van der Waals surface area (Å²) in [6.07, 6.45) is 9.31. The zero-order chi connectivity index (χ0) is 12.1. The first-order valence-electron chi connectivity index (χ1n) is 5.88. The normalized spacial score (nSPS) is 24.0. The van der Waals surface area contributed by atoms with Gasteiger partial charge in [0.2, 0.25) is 0 Å². The van der Waals surface area contributed by atoms with Crippen molar-refractivity contribution in [1.29, 1.82) is 0 Å². The molecule has 0 saturated heterocycles. The predicted octanol–water partition coefficient (Wildman–Crippen LogP) is 3.38. The van der Waals surface area contributed by atoms with E-state index in [1.54, 1.807) is 0 Å². The van der Waals surface area contributed by atoms with Gasteiger partial charge in [0.1, 0.15) is 0 Å². The van der Waals surface area contributed by atoms with Crippen molar-refractivity contribution in [2.75, 3.05) is 0 Å². The first-order chi connectivity index (χ1) is 8.27. The number of aliphatic carboxylic acids is 1. The van der Waals surface area contributed by atoms with E-state index in [-0.39, 0.29) is 0 Å². The molecule has 2 nitrogen and oxygen atoms in total. The molecule has 1 aliphatic carbocycles. The highest BCUT2D eigenvalue weighted by Gasteiger charge is 2.21. The lowest BCUT2D eigenvalue weighted by atomic mass is 9.78. The molecule has 2 rings (SSSR count). The van der Waals surface area contributed by atoms with Gasteiger partial charge in [-0.1, -0.05) is 48.6 Å². The molecule has 0 radical (unpaired) electrons. The molecule has 0 aliphatic heterocycles. The zero-order valence-electron chi connectivity index (χ0n) is 9.62. The number of rotatable bonds is 3. The van der Waals surface area contributed by atoms with Gasteiger partial charge in [-0.2, -0.15) is 0 Å². The van der Waals surface area contributed by atoms with Crippen LogP contribution >= 0.6 is 0 Å². The van der Waals surface area contributed by atoms with Gasteiger partial charge >= 0.3 is 5.97 Å². The highest BCUT2D eigenvalue weighted by molar-refractivity contribution is 5.79. The number of benzene rings is 1. The Morgan fingerprint density at radius 2 is 1.88 bits per heavy atom. The Balaban J connectivity index is 2.19. The quantitative estimate of drug-likeness (QED) is 0.636. The first-order valence-corrected chi connectivity index (χ1v) is 5.88. The Bertz CT molecular complexity index is 431. The van der Waals surface area contributed by atoms with E-state index in [2.05, 4.69) is 24.3 Å². The Morgan fingerprint density at radius 3 is 2.59 bits per heavy atom. The van der Waals surface area contributed by atoms with Crippen molar-refractivity contribution in [3.8, 4) is 0 Å². The monoisotopic (exact) mass is 228 g/mol. The maximum Gasteiger partial charge on any atom is 0.327 e. The summed E-state index contributed by atoms with van der Waals surface area (Å²) in [6.45, 7) is 0. The highest BCUT2D eigenvalue weighted by Crippen LogP contribution is 2.35. The summed E-state index contributed by atoms with van der Waals surface area (Å²) >= 11 is 0. The number of carbonyl (C=O) groups is 1. The van der Waals surface area contributed by atoms with E-state index >= 15 is 0 Å². The molecule has 0 saturated carbocycles. The van der Waals surface area contributed by atoms with E-state index in [0.29, 0.717) is 11.8 Å². The van der Waals surface area contributed by atoms with Crippen LogP contribution < -0.4 is 0 Å². The lowest BCUT2D eigenvalue weighted by Crippen LogP contribution is -2.13. The summed E-state index contributed by atoms with van der Waals surface area (Å²) in [6, 6.07) is 10.3. The topological polar surface area (TPSA) is 37.3 Å². The summed E-state index contributed by atoms with van der Waals surface area (Å²) in [5, 5.41) is 8.70. The maximum absolute atomic E-state index is 10.6. The Labute approximate surface area is 101 Å². The molecule has 0 spiro atoms. The summed E-state index contributed by atoms with van der Waals surface area (Å²) in [5.41, 5.74) is 1.29. The molecule has 2 heteroatoms. The average molecular weight is 228 g/mol. The molecule has 0 fully saturated rings. The van der Waals surface area contributed by atoms with Crippen molar-refractivity contribution < 1.29 is 9.90 Å². The van der Waals surface area contributed by atoms with Crippen molar-refractivity contribution in [2.45, 2.75) is 18.8 Å². The first kappa shape index (κ1) is 11.6. The Kier molecular flexibility index (Phi) is 3.76. The standard InChI is InChI=1S/C15H16O2/c16-15(17)11-10-13-8-4-5-9-14(13)12-6-2-1-3-7-12/h1-7,10-11,13-14H,8-9H2,(H,16,17)/b11-10+. The molecule has 88 valence electrons. The van der Waals surface area contributed by atoms with E-state index in [9.17, 15) is 4.79 Å². The summed E-state index contributed by atoms with van der Waals surface area (Å²) in [5.74, 6) is -0.179. The van der Waals surface area contributed by atoms with Crippen LogP contribution in [0.5, 0.6) is 0 Å². The van der Waals surface area contributed by atoms with Gasteiger partial charge in [0.25, 0.3) is 0 Å². The van der Waals surface area contributed by atoms with Crippen LogP contribution in [0.2, 0.25) is 0 Å². The minimum Gasteiger partial charge on any atom is -0.478 e. The molecular formula is C15H16O2. The Hall–Kier alpha value is -1.83. The predicted molar refractivity (Wildman–Crippen MR) is 67.8 cm³/mol. The fourth-order valence-electron chi connectivity index (χ4n) is 2.34. The smallest absolute Gasteiger partial charge is 0.327 e. The second kappa shape index (κ2) is 5.48. The largest absolute Gasteiger partial charge is 0.478 e. The van der Waals surface area contributed by atoms with E-state index in [1.165, 1.54) is 11.6 Å². The number of carboxylic acid groups (broad SMARTS) is 1. The second-order valence-corrected chi connectivity index (χ2v) is 4.32. The van der Waals surface area contributed by atoms with E-state index in [0.717, 1.165) is 12.8 Å². The molecule has 1 N–H and O–H groups in total. The molecule has 1 aromatic carbocycles. The van der Waals surface area contributed by atoms with E-state index in [4.69, 9.17) is 5.11 Å². The van der Waals surface area contributed by atoms with Crippen LogP contribution in [0.1, 0.15) is 24.3 Å². The number of carboxylic acids is 1. The van der Waals surface area contributed by atoms with Crippen molar-refractivity contribution in [2.24, 2.45) is 5.92 Å². The molecule has 17 heavy (non-hydrogen) atoms. The van der Waals surface area contributed by atoms with Gasteiger partial charge in [-0.25, -0.2) is 4.79 Å². The van der Waals surface area contributed by atoms with Crippen LogP contribution in [0.4, 0.5) is 0 Å². The van der Waals surface area contributed by atoms with Crippen LogP contribution in [0.25, 0.3) is 0 Å². The van der Waals surface area contributed by atoms with Gasteiger partial charge in [0.05, 0.1) is 0 Å². The third kappa shape index (κ3) is 3.06. The molecule has 0 aromatic heterocycles. The molecule has 1 aliphatic rings. The SMILES string of the molecule is O=C(O)/C=C/C1CC=CCC1c1ccccc1. The summed E-state index contributed by atoms with van der Waals surface area (Å²) < 4.78 is 0. The van der Waals surface area contributed by atoms with Gasteiger partial charge in [0, 0.05) is 6.08 Å². The number of allylic oxidation sites excluding steroid dienone is 3. The van der Waals surface area contributed by atoms with Gasteiger partial charge in [-0.05, 0) is 30.2 Å². The maximum atomic E-state index is 10.6.